The summed E-state index contributed by atoms with van der Waals surface area (Å²) in [7, 11) is 0. The molecule has 0 amide bonds. The maximum atomic E-state index is 10.4. The largest absolute Gasteiger partial charge is 0.412 e. The van der Waals surface area contributed by atoms with Crippen molar-refractivity contribution in [2.45, 2.75) is 20.8 Å². The van der Waals surface area contributed by atoms with E-state index in [1.54, 1.807) is 0 Å². The van der Waals surface area contributed by atoms with Gasteiger partial charge in [0.15, 0.2) is 0 Å². The van der Waals surface area contributed by atoms with Crippen molar-refractivity contribution in [2.75, 3.05) is 0 Å². The van der Waals surface area contributed by atoms with Crippen molar-refractivity contribution >= 4 is 47.5 Å². The zero-order valence-electron chi connectivity index (χ0n) is 8.90. The van der Waals surface area contributed by atoms with Crippen molar-refractivity contribution in [2.24, 2.45) is 0 Å². The normalized spacial score (nSPS) is 8.00. The summed E-state index contributed by atoms with van der Waals surface area (Å²) in [5.74, 6) is -2.37. The van der Waals surface area contributed by atoms with Crippen LogP contribution in [0.5, 0.6) is 0 Å². The van der Waals surface area contributed by atoms with Crippen LogP contribution in [0, 0.1) is 0 Å². The Morgan fingerprint density at radius 2 is 1.00 bits per heavy atom. The molecule has 0 aromatic carbocycles. The quantitative estimate of drug-likeness (QED) is 0.430. The van der Waals surface area contributed by atoms with E-state index < -0.39 is 17.9 Å². The number of carbonyl (C=O) groups excluding carboxylic acids is 3. The van der Waals surface area contributed by atoms with Gasteiger partial charge in [0, 0.05) is 50.3 Å². The van der Waals surface area contributed by atoms with Crippen LogP contribution in [0.15, 0.2) is 0 Å². The molecule has 15 heavy (non-hydrogen) atoms. The van der Waals surface area contributed by atoms with E-state index in [1.165, 1.54) is 0 Å². The molecule has 0 bridgehead atoms. The van der Waals surface area contributed by atoms with E-state index in [0.717, 1.165) is 20.8 Å². The zero-order valence-corrected chi connectivity index (χ0v) is 10.9. The Labute approximate surface area is 108 Å². The van der Waals surface area contributed by atoms with Gasteiger partial charge in [-0.05, 0) is 0 Å². The average molecular weight is 232 g/mol. The summed E-state index contributed by atoms with van der Waals surface area (Å²) in [5, 5.41) is 0.0486. The summed E-state index contributed by atoms with van der Waals surface area (Å²) < 4.78 is 0. The Morgan fingerprint density at radius 3 is 1.13 bits per heavy atom. The minimum Gasteiger partial charge on any atom is -0.412 e. The van der Waals surface area contributed by atoms with Crippen LogP contribution in [0.25, 0.3) is 0 Å². The Bertz CT molecular complexity index is 193. The van der Waals surface area contributed by atoms with Gasteiger partial charge in [0.2, 0.25) is 5.39 Å². The molecule has 0 aromatic rings. The van der Waals surface area contributed by atoms with Crippen LogP contribution >= 0.6 is 0 Å². The average Bonchev–Trinajstić information content (AvgIpc) is 1.80. The molecule has 0 saturated heterocycles. The zero-order chi connectivity index (χ0) is 10.4. The van der Waals surface area contributed by atoms with Crippen molar-refractivity contribution in [3.05, 3.63) is 0 Å². The Hall–Kier alpha value is -0.670. The first-order chi connectivity index (χ1) is 5.91. The molecular weight excluding hydrogens is 221 g/mol. The standard InChI is InChI=1S/C6H9NO6.Na.H2O/c1-4(8)11-7(12-5(2)9)13-6(3)10;;/h1-3H3;;1H2. The predicted molar refractivity (Wildman–Crippen MR) is 46.5 cm³/mol. The molecule has 0 aromatic heterocycles. The van der Waals surface area contributed by atoms with Crippen LogP contribution in [-0.2, 0) is 28.9 Å². The van der Waals surface area contributed by atoms with E-state index in [2.05, 4.69) is 14.5 Å². The summed E-state index contributed by atoms with van der Waals surface area (Å²) in [4.78, 5) is 43.7. The third-order valence-corrected chi connectivity index (χ3v) is 0.609. The molecule has 2 N–H and O–H groups in total. The molecule has 9 heteroatoms. The molecule has 1 radical (unpaired) electrons. The molecular formula is C6H11NNaO7. The number of nitrogens with zero attached hydrogens (tertiary/aromatic N) is 1. The molecule has 0 rings (SSSR count). The molecule has 0 aliphatic heterocycles. The van der Waals surface area contributed by atoms with Gasteiger partial charge < -0.3 is 20.0 Å². The van der Waals surface area contributed by atoms with Crippen molar-refractivity contribution in [1.29, 1.82) is 0 Å². The Kier molecular flexibility index (Phi) is 13.1. The first-order valence-electron chi connectivity index (χ1n) is 3.27. The molecule has 0 aliphatic carbocycles. The van der Waals surface area contributed by atoms with Crippen LogP contribution in [0.1, 0.15) is 20.8 Å². The van der Waals surface area contributed by atoms with Crippen molar-refractivity contribution in [1.82, 2.24) is 5.39 Å². The fourth-order valence-electron chi connectivity index (χ4n) is 0.371. The topological polar surface area (TPSA) is 114 Å². The fourth-order valence-corrected chi connectivity index (χ4v) is 0.371. The van der Waals surface area contributed by atoms with E-state index >= 15 is 0 Å². The molecule has 0 fully saturated rings. The van der Waals surface area contributed by atoms with Gasteiger partial charge in [-0.1, -0.05) is 0 Å². The van der Waals surface area contributed by atoms with E-state index in [-0.39, 0.29) is 40.4 Å². The van der Waals surface area contributed by atoms with Gasteiger partial charge in [0.05, 0.1) is 0 Å². The van der Waals surface area contributed by atoms with Crippen LogP contribution in [-0.4, -0.2) is 58.3 Å². The molecule has 0 heterocycles. The molecule has 0 saturated carbocycles. The summed E-state index contributed by atoms with van der Waals surface area (Å²) in [6, 6.07) is 0. The Morgan fingerprint density at radius 1 is 0.800 bits per heavy atom. The summed E-state index contributed by atoms with van der Waals surface area (Å²) in [6.07, 6.45) is 0. The van der Waals surface area contributed by atoms with Crippen molar-refractivity contribution < 1.29 is 34.4 Å². The van der Waals surface area contributed by atoms with Gasteiger partial charge >= 0.3 is 17.9 Å². The summed E-state index contributed by atoms with van der Waals surface area (Å²) >= 11 is 0. The second-order valence-electron chi connectivity index (χ2n) is 1.97. The van der Waals surface area contributed by atoms with E-state index in [9.17, 15) is 14.4 Å². The third kappa shape index (κ3) is 13.3. The first-order valence-corrected chi connectivity index (χ1v) is 3.27. The number of hydrogen-bond donors (Lipinski definition) is 0. The molecule has 0 spiro atoms. The molecule has 0 atom stereocenters. The smallest absolute Gasteiger partial charge is 0.329 e. The molecule has 83 valence electrons. The van der Waals surface area contributed by atoms with Gasteiger partial charge in [-0.25, -0.2) is 0 Å². The Balaban J connectivity index is -0.000000720. The van der Waals surface area contributed by atoms with Crippen LogP contribution < -0.4 is 0 Å². The molecule has 0 aliphatic rings. The van der Waals surface area contributed by atoms with Gasteiger partial charge in [-0.3, -0.25) is 14.4 Å². The SMILES string of the molecule is CC(=O)ON(OC(C)=O)OC(C)=O.O.[Na]. The minimum atomic E-state index is -0.789. The van der Waals surface area contributed by atoms with Gasteiger partial charge in [-0.2, -0.15) is 0 Å². The van der Waals surface area contributed by atoms with E-state index in [0.29, 0.717) is 0 Å². The van der Waals surface area contributed by atoms with E-state index in [4.69, 9.17) is 0 Å². The van der Waals surface area contributed by atoms with Crippen LogP contribution in [0.3, 0.4) is 0 Å². The number of hydrogen-bond acceptors (Lipinski definition) is 7. The molecule has 0 unspecified atom stereocenters. The van der Waals surface area contributed by atoms with E-state index in [1.807, 2.05) is 0 Å². The maximum Gasteiger partial charge on any atom is 0.329 e. The van der Waals surface area contributed by atoms with Gasteiger partial charge in [0.1, 0.15) is 0 Å². The number of carbonyl (C=O) groups is 3. The monoisotopic (exact) mass is 232 g/mol. The van der Waals surface area contributed by atoms with Crippen molar-refractivity contribution in [3.8, 4) is 0 Å². The van der Waals surface area contributed by atoms with Gasteiger partial charge in [0.25, 0.3) is 0 Å². The van der Waals surface area contributed by atoms with Gasteiger partial charge in [-0.15, -0.1) is 0 Å². The minimum absolute atomic E-state index is 0. The third-order valence-electron chi connectivity index (χ3n) is 0.609. The second-order valence-corrected chi connectivity index (χ2v) is 1.97. The first kappa shape index (κ1) is 19.8. The van der Waals surface area contributed by atoms with Crippen LogP contribution in [0.4, 0.5) is 0 Å². The van der Waals surface area contributed by atoms with Crippen LogP contribution in [0.2, 0.25) is 0 Å². The van der Waals surface area contributed by atoms with Crippen molar-refractivity contribution in [3.63, 3.8) is 0 Å². The number of rotatable bonds is 3. The maximum absolute atomic E-state index is 10.4. The summed E-state index contributed by atoms with van der Waals surface area (Å²) in [5.41, 5.74) is 0. The fraction of sp³-hybridized carbons (Fsp3) is 0.500. The summed E-state index contributed by atoms with van der Waals surface area (Å²) in [6.45, 7) is 3.17. The molecule has 8 nitrogen and oxygen atoms in total. The predicted octanol–water partition coefficient (Wildman–Crippen LogP) is -1.48. The second kappa shape index (κ2) is 9.87.